The maximum absolute atomic E-state index is 12.1. The molecule has 5 nitrogen and oxygen atoms in total. The van der Waals surface area contributed by atoms with Crippen molar-refractivity contribution >= 4 is 39.1 Å². The zero-order valence-corrected chi connectivity index (χ0v) is 14.6. The predicted molar refractivity (Wildman–Crippen MR) is 90.8 cm³/mol. The van der Waals surface area contributed by atoms with Gasteiger partial charge in [-0.05, 0) is 30.0 Å². The summed E-state index contributed by atoms with van der Waals surface area (Å²) in [5, 5.41) is 14.0. The Bertz CT molecular complexity index is 746. The molecule has 0 spiro atoms. The Morgan fingerprint density at radius 3 is 2.96 bits per heavy atom. The van der Waals surface area contributed by atoms with Gasteiger partial charge in [0.25, 0.3) is 0 Å². The van der Waals surface area contributed by atoms with Crippen LogP contribution < -0.4 is 5.32 Å². The molecule has 0 bridgehead atoms. The molecule has 0 radical (unpaired) electrons. The molecule has 23 heavy (non-hydrogen) atoms. The number of nitrogens with zero attached hydrogens (tertiary/aromatic N) is 1. The van der Waals surface area contributed by atoms with Gasteiger partial charge in [-0.25, -0.2) is 9.78 Å². The fourth-order valence-corrected chi connectivity index (χ4v) is 3.73. The molecular weight excluding hydrogens is 380 g/mol. The minimum Gasteiger partial charge on any atom is -0.476 e. The van der Waals surface area contributed by atoms with E-state index in [-0.39, 0.29) is 17.5 Å². The summed E-state index contributed by atoms with van der Waals surface area (Å²) in [4.78, 5) is 26.9. The van der Waals surface area contributed by atoms with Crippen molar-refractivity contribution in [2.45, 2.75) is 18.8 Å². The summed E-state index contributed by atoms with van der Waals surface area (Å²) in [7, 11) is 0. The summed E-state index contributed by atoms with van der Waals surface area (Å²) in [6.45, 7) is 0.479. The summed E-state index contributed by atoms with van der Waals surface area (Å²) < 4.78 is 1.03. The second kappa shape index (κ2) is 6.80. The number of carboxylic acids is 1. The van der Waals surface area contributed by atoms with Gasteiger partial charge < -0.3 is 10.4 Å². The molecule has 1 heterocycles. The standard InChI is InChI=1S/C16H15BrN2O3S/c17-10-3-1-2-9(6-10)11-7-12(11)15(20)18-5-4-14-19-13(8-23-14)16(21)22/h1-3,6,8,11-12H,4-5,7H2,(H,18,20)(H,21,22). The smallest absolute Gasteiger partial charge is 0.355 e. The van der Waals surface area contributed by atoms with Crippen molar-refractivity contribution in [2.24, 2.45) is 5.92 Å². The Labute approximate surface area is 145 Å². The largest absolute Gasteiger partial charge is 0.476 e. The molecule has 2 atom stereocenters. The van der Waals surface area contributed by atoms with Crippen LogP contribution in [-0.4, -0.2) is 28.5 Å². The SMILES string of the molecule is O=C(O)c1csc(CCNC(=O)C2CC2c2cccc(Br)c2)n1. The molecule has 120 valence electrons. The molecule has 0 aliphatic heterocycles. The van der Waals surface area contributed by atoms with Crippen LogP contribution in [0.1, 0.15) is 33.4 Å². The van der Waals surface area contributed by atoms with Crippen molar-refractivity contribution in [3.05, 3.63) is 50.4 Å². The molecule has 1 aliphatic rings. The molecule has 1 aromatic carbocycles. The number of hydrogen-bond donors (Lipinski definition) is 2. The molecule has 2 N–H and O–H groups in total. The fourth-order valence-electron chi connectivity index (χ4n) is 2.54. The van der Waals surface area contributed by atoms with Crippen LogP contribution in [0, 0.1) is 5.92 Å². The number of carbonyl (C=O) groups is 2. The van der Waals surface area contributed by atoms with E-state index in [4.69, 9.17) is 5.11 Å². The molecule has 1 aromatic heterocycles. The van der Waals surface area contributed by atoms with Gasteiger partial charge in [0.1, 0.15) is 0 Å². The third kappa shape index (κ3) is 3.97. The van der Waals surface area contributed by atoms with Gasteiger partial charge in [0.05, 0.1) is 5.01 Å². The third-order valence-electron chi connectivity index (χ3n) is 3.81. The Morgan fingerprint density at radius 2 is 2.26 bits per heavy atom. The summed E-state index contributed by atoms with van der Waals surface area (Å²) in [6.07, 6.45) is 1.43. The van der Waals surface area contributed by atoms with Crippen molar-refractivity contribution in [1.29, 1.82) is 0 Å². The van der Waals surface area contributed by atoms with Gasteiger partial charge in [0.15, 0.2) is 5.69 Å². The van der Waals surface area contributed by atoms with E-state index in [9.17, 15) is 9.59 Å². The highest BCUT2D eigenvalue weighted by atomic mass is 79.9. The topological polar surface area (TPSA) is 79.3 Å². The lowest BCUT2D eigenvalue weighted by molar-refractivity contribution is -0.122. The number of benzene rings is 1. The van der Waals surface area contributed by atoms with E-state index in [0.29, 0.717) is 18.9 Å². The maximum atomic E-state index is 12.1. The Morgan fingerprint density at radius 1 is 1.43 bits per heavy atom. The van der Waals surface area contributed by atoms with E-state index in [2.05, 4.69) is 32.3 Å². The second-order valence-electron chi connectivity index (χ2n) is 5.48. The van der Waals surface area contributed by atoms with Crippen molar-refractivity contribution in [1.82, 2.24) is 10.3 Å². The van der Waals surface area contributed by atoms with Crippen LogP contribution in [0.3, 0.4) is 0 Å². The van der Waals surface area contributed by atoms with Crippen LogP contribution in [0.15, 0.2) is 34.1 Å². The number of aromatic carboxylic acids is 1. The molecule has 1 amide bonds. The first-order chi connectivity index (χ1) is 11.0. The van der Waals surface area contributed by atoms with Crippen LogP contribution in [0.2, 0.25) is 0 Å². The summed E-state index contributed by atoms with van der Waals surface area (Å²) >= 11 is 4.75. The molecule has 2 unspecified atom stereocenters. The highest BCUT2D eigenvalue weighted by Gasteiger charge is 2.43. The van der Waals surface area contributed by atoms with Gasteiger partial charge >= 0.3 is 5.97 Å². The third-order valence-corrected chi connectivity index (χ3v) is 5.21. The Kier molecular flexibility index (Phi) is 4.77. The zero-order chi connectivity index (χ0) is 16.4. The number of carboxylic acid groups (broad SMARTS) is 1. The number of rotatable bonds is 6. The maximum Gasteiger partial charge on any atom is 0.355 e. The van der Waals surface area contributed by atoms with Gasteiger partial charge in [-0.1, -0.05) is 28.1 Å². The predicted octanol–water partition coefficient (Wildman–Crippen LogP) is 3.07. The zero-order valence-electron chi connectivity index (χ0n) is 12.2. The van der Waals surface area contributed by atoms with E-state index in [0.717, 1.165) is 15.9 Å². The minimum atomic E-state index is -1.02. The molecular formula is C16H15BrN2O3S. The van der Waals surface area contributed by atoms with Crippen molar-refractivity contribution in [3.8, 4) is 0 Å². The molecule has 2 aromatic rings. The van der Waals surface area contributed by atoms with Gasteiger partial charge in [-0.2, -0.15) is 0 Å². The number of halogens is 1. The lowest BCUT2D eigenvalue weighted by atomic mass is 10.1. The fraction of sp³-hybridized carbons (Fsp3) is 0.312. The quantitative estimate of drug-likeness (QED) is 0.788. The number of nitrogens with one attached hydrogen (secondary N) is 1. The molecule has 1 aliphatic carbocycles. The minimum absolute atomic E-state index is 0.0372. The van der Waals surface area contributed by atoms with Crippen molar-refractivity contribution in [3.63, 3.8) is 0 Å². The average Bonchev–Trinajstić information content (AvgIpc) is 3.18. The van der Waals surface area contributed by atoms with Crippen LogP contribution in [0.5, 0.6) is 0 Å². The van der Waals surface area contributed by atoms with Gasteiger partial charge in [0, 0.05) is 28.7 Å². The molecule has 1 saturated carbocycles. The van der Waals surface area contributed by atoms with Gasteiger partial charge in [-0.3, -0.25) is 4.79 Å². The highest BCUT2D eigenvalue weighted by molar-refractivity contribution is 9.10. The van der Waals surface area contributed by atoms with Crippen LogP contribution >= 0.6 is 27.3 Å². The second-order valence-corrected chi connectivity index (χ2v) is 7.33. The van der Waals surface area contributed by atoms with Crippen molar-refractivity contribution < 1.29 is 14.7 Å². The summed E-state index contributed by atoms with van der Waals surface area (Å²) in [6, 6.07) is 8.06. The number of thiazole rings is 1. The lowest BCUT2D eigenvalue weighted by Gasteiger charge is -2.04. The van der Waals surface area contributed by atoms with E-state index >= 15 is 0 Å². The average molecular weight is 395 g/mol. The monoisotopic (exact) mass is 394 g/mol. The number of aromatic nitrogens is 1. The number of hydrogen-bond acceptors (Lipinski definition) is 4. The Balaban J connectivity index is 1.46. The van der Waals surface area contributed by atoms with E-state index in [1.165, 1.54) is 22.3 Å². The van der Waals surface area contributed by atoms with Crippen LogP contribution in [0.4, 0.5) is 0 Å². The van der Waals surface area contributed by atoms with Crippen molar-refractivity contribution in [2.75, 3.05) is 6.54 Å². The van der Waals surface area contributed by atoms with Crippen LogP contribution in [-0.2, 0) is 11.2 Å². The van der Waals surface area contributed by atoms with E-state index in [1.807, 2.05) is 18.2 Å². The number of amides is 1. The molecule has 3 rings (SSSR count). The normalized spacial score (nSPS) is 19.3. The Hall–Kier alpha value is -1.73. The highest BCUT2D eigenvalue weighted by Crippen LogP contribution is 2.47. The van der Waals surface area contributed by atoms with Gasteiger partial charge in [0.2, 0.25) is 5.91 Å². The lowest BCUT2D eigenvalue weighted by Crippen LogP contribution is -2.27. The van der Waals surface area contributed by atoms with Gasteiger partial charge in [-0.15, -0.1) is 11.3 Å². The first kappa shape index (κ1) is 16.1. The van der Waals surface area contributed by atoms with Crippen LogP contribution in [0.25, 0.3) is 0 Å². The summed E-state index contributed by atoms with van der Waals surface area (Å²) in [5.41, 5.74) is 1.25. The molecule has 1 fully saturated rings. The molecule has 0 saturated heterocycles. The number of carbonyl (C=O) groups excluding carboxylic acids is 1. The van der Waals surface area contributed by atoms with E-state index < -0.39 is 5.97 Å². The summed E-state index contributed by atoms with van der Waals surface area (Å²) in [5.74, 6) is -0.627. The first-order valence-electron chi connectivity index (χ1n) is 7.25. The van der Waals surface area contributed by atoms with E-state index in [1.54, 1.807) is 0 Å². The first-order valence-corrected chi connectivity index (χ1v) is 8.92. The molecule has 7 heteroatoms.